The molecule has 0 aliphatic heterocycles. The van der Waals surface area contributed by atoms with Gasteiger partial charge in [0.2, 0.25) is 0 Å². The van der Waals surface area contributed by atoms with E-state index in [0.717, 1.165) is 27.8 Å². The maximum Gasteiger partial charge on any atom is 0.105 e. The van der Waals surface area contributed by atoms with Gasteiger partial charge in [-0.05, 0) is 40.0 Å². The second-order valence-electron chi connectivity index (χ2n) is 5.39. The van der Waals surface area contributed by atoms with Crippen molar-refractivity contribution < 1.29 is 5.11 Å². The van der Waals surface area contributed by atoms with Crippen molar-refractivity contribution in [1.29, 1.82) is 0 Å². The van der Waals surface area contributed by atoms with Gasteiger partial charge in [-0.25, -0.2) is 0 Å². The zero-order chi connectivity index (χ0) is 16.2. The Morgan fingerprint density at radius 3 is 2.13 bits per heavy atom. The smallest absolute Gasteiger partial charge is 0.105 e. The van der Waals surface area contributed by atoms with E-state index in [1.54, 1.807) is 0 Å². The molecule has 0 saturated carbocycles. The number of hydrogen-bond donors (Lipinski definition) is 1. The van der Waals surface area contributed by atoms with Crippen molar-refractivity contribution in [2.45, 2.75) is 6.10 Å². The van der Waals surface area contributed by atoms with E-state index in [4.69, 9.17) is 11.6 Å². The SMILES string of the molecule is C=C(c1ccc(Cl)cc1)c1ccccc1C(O)c1ccccc1. The summed E-state index contributed by atoms with van der Waals surface area (Å²) in [6.45, 7) is 4.21. The van der Waals surface area contributed by atoms with E-state index in [1.165, 1.54) is 0 Å². The minimum Gasteiger partial charge on any atom is -0.384 e. The lowest BCUT2D eigenvalue weighted by Crippen LogP contribution is -2.03. The van der Waals surface area contributed by atoms with Gasteiger partial charge in [-0.15, -0.1) is 0 Å². The lowest BCUT2D eigenvalue weighted by Gasteiger charge is -2.17. The maximum absolute atomic E-state index is 10.8. The minimum atomic E-state index is -0.684. The largest absolute Gasteiger partial charge is 0.384 e. The number of rotatable bonds is 4. The van der Waals surface area contributed by atoms with Crippen LogP contribution in [0.25, 0.3) is 5.57 Å². The first-order chi connectivity index (χ1) is 11.2. The quantitative estimate of drug-likeness (QED) is 0.674. The summed E-state index contributed by atoms with van der Waals surface area (Å²) in [7, 11) is 0. The fourth-order valence-electron chi connectivity index (χ4n) is 2.63. The predicted molar refractivity (Wildman–Crippen MR) is 96.5 cm³/mol. The highest BCUT2D eigenvalue weighted by Crippen LogP contribution is 2.31. The zero-order valence-corrected chi connectivity index (χ0v) is 13.4. The van der Waals surface area contributed by atoms with Gasteiger partial charge in [0, 0.05) is 5.02 Å². The third kappa shape index (κ3) is 3.37. The van der Waals surface area contributed by atoms with Crippen LogP contribution in [0.5, 0.6) is 0 Å². The molecule has 3 rings (SSSR count). The van der Waals surface area contributed by atoms with Crippen LogP contribution in [-0.4, -0.2) is 5.11 Å². The molecule has 0 spiro atoms. The number of halogens is 1. The molecule has 0 amide bonds. The zero-order valence-electron chi connectivity index (χ0n) is 12.6. The van der Waals surface area contributed by atoms with Crippen LogP contribution in [0.3, 0.4) is 0 Å². The third-order valence-corrected chi connectivity index (χ3v) is 4.14. The van der Waals surface area contributed by atoms with Crippen LogP contribution in [0, 0.1) is 0 Å². The van der Waals surface area contributed by atoms with Gasteiger partial charge in [0.05, 0.1) is 0 Å². The fraction of sp³-hybridized carbons (Fsp3) is 0.0476. The van der Waals surface area contributed by atoms with Crippen molar-refractivity contribution in [3.05, 3.63) is 113 Å². The summed E-state index contributed by atoms with van der Waals surface area (Å²) in [4.78, 5) is 0. The molecule has 23 heavy (non-hydrogen) atoms. The summed E-state index contributed by atoms with van der Waals surface area (Å²) in [5, 5.41) is 11.4. The normalized spacial score (nSPS) is 11.9. The average Bonchev–Trinajstić information content (AvgIpc) is 2.62. The van der Waals surface area contributed by atoms with E-state index in [9.17, 15) is 5.11 Å². The van der Waals surface area contributed by atoms with Gasteiger partial charge in [-0.1, -0.05) is 84.9 Å². The van der Waals surface area contributed by atoms with Crippen LogP contribution in [0.2, 0.25) is 5.02 Å². The Morgan fingerprint density at radius 1 is 0.826 bits per heavy atom. The highest BCUT2D eigenvalue weighted by Gasteiger charge is 2.16. The van der Waals surface area contributed by atoms with Crippen molar-refractivity contribution in [3.63, 3.8) is 0 Å². The number of hydrogen-bond acceptors (Lipinski definition) is 1. The highest BCUT2D eigenvalue weighted by atomic mass is 35.5. The van der Waals surface area contributed by atoms with E-state index >= 15 is 0 Å². The molecule has 2 heteroatoms. The van der Waals surface area contributed by atoms with Gasteiger partial charge in [0.25, 0.3) is 0 Å². The molecule has 1 unspecified atom stereocenters. The molecule has 0 saturated heterocycles. The number of aliphatic hydroxyl groups excluding tert-OH is 1. The van der Waals surface area contributed by atoms with E-state index in [1.807, 2.05) is 78.9 Å². The fourth-order valence-corrected chi connectivity index (χ4v) is 2.76. The summed E-state index contributed by atoms with van der Waals surface area (Å²) in [6, 6.07) is 25.0. The molecule has 1 N–H and O–H groups in total. The Kier molecular flexibility index (Phi) is 4.61. The monoisotopic (exact) mass is 320 g/mol. The van der Waals surface area contributed by atoms with Crippen LogP contribution < -0.4 is 0 Å². The van der Waals surface area contributed by atoms with Crippen LogP contribution >= 0.6 is 11.6 Å². The first-order valence-electron chi connectivity index (χ1n) is 7.44. The predicted octanol–water partition coefficient (Wildman–Crippen LogP) is 5.48. The van der Waals surface area contributed by atoms with Crippen molar-refractivity contribution >= 4 is 17.2 Å². The number of benzene rings is 3. The van der Waals surface area contributed by atoms with E-state index in [2.05, 4.69) is 6.58 Å². The summed E-state index contributed by atoms with van der Waals surface area (Å²) >= 11 is 5.95. The summed E-state index contributed by atoms with van der Waals surface area (Å²) in [5.74, 6) is 0. The van der Waals surface area contributed by atoms with Crippen LogP contribution in [0.4, 0.5) is 0 Å². The van der Waals surface area contributed by atoms with Crippen molar-refractivity contribution in [1.82, 2.24) is 0 Å². The molecule has 1 nitrogen and oxygen atoms in total. The molecule has 0 fully saturated rings. The molecular weight excluding hydrogens is 304 g/mol. The van der Waals surface area contributed by atoms with Crippen LogP contribution in [0.15, 0.2) is 85.4 Å². The lowest BCUT2D eigenvalue weighted by atomic mass is 9.90. The maximum atomic E-state index is 10.8. The molecule has 0 aliphatic carbocycles. The molecule has 3 aromatic rings. The highest BCUT2D eigenvalue weighted by molar-refractivity contribution is 6.30. The van der Waals surface area contributed by atoms with Crippen LogP contribution in [-0.2, 0) is 0 Å². The average molecular weight is 321 g/mol. The molecule has 3 aromatic carbocycles. The third-order valence-electron chi connectivity index (χ3n) is 3.89. The van der Waals surface area contributed by atoms with Gasteiger partial charge >= 0.3 is 0 Å². The Balaban J connectivity index is 2.01. The Hall–Kier alpha value is -2.35. The lowest BCUT2D eigenvalue weighted by molar-refractivity contribution is 0.220. The van der Waals surface area contributed by atoms with Gasteiger partial charge < -0.3 is 5.11 Å². The summed E-state index contributed by atoms with van der Waals surface area (Å²) in [5.41, 5.74) is 4.50. The topological polar surface area (TPSA) is 20.2 Å². The molecule has 1 atom stereocenters. The Morgan fingerprint density at radius 2 is 1.43 bits per heavy atom. The van der Waals surface area contributed by atoms with E-state index in [-0.39, 0.29) is 0 Å². The molecule has 0 aliphatic rings. The molecule has 0 aromatic heterocycles. The Labute approximate surface area is 141 Å². The second kappa shape index (κ2) is 6.82. The molecular formula is C21H17ClO. The van der Waals surface area contributed by atoms with Gasteiger partial charge in [-0.3, -0.25) is 0 Å². The van der Waals surface area contributed by atoms with Gasteiger partial charge in [0.1, 0.15) is 6.10 Å². The van der Waals surface area contributed by atoms with Gasteiger partial charge in [-0.2, -0.15) is 0 Å². The molecule has 0 bridgehead atoms. The molecule has 114 valence electrons. The minimum absolute atomic E-state index is 0.684. The van der Waals surface area contributed by atoms with Gasteiger partial charge in [0.15, 0.2) is 0 Å². The van der Waals surface area contributed by atoms with Crippen molar-refractivity contribution in [2.24, 2.45) is 0 Å². The first kappa shape index (κ1) is 15.5. The molecule has 0 radical (unpaired) electrons. The molecule has 0 heterocycles. The van der Waals surface area contributed by atoms with E-state index < -0.39 is 6.10 Å². The summed E-state index contributed by atoms with van der Waals surface area (Å²) in [6.07, 6.45) is -0.684. The van der Waals surface area contributed by atoms with Crippen molar-refractivity contribution in [3.8, 4) is 0 Å². The van der Waals surface area contributed by atoms with Crippen molar-refractivity contribution in [2.75, 3.05) is 0 Å². The summed E-state index contributed by atoms with van der Waals surface area (Å²) < 4.78 is 0. The Bertz CT molecular complexity index is 807. The number of aliphatic hydroxyl groups is 1. The van der Waals surface area contributed by atoms with Crippen LogP contribution in [0.1, 0.15) is 28.4 Å². The second-order valence-corrected chi connectivity index (χ2v) is 5.82. The first-order valence-corrected chi connectivity index (χ1v) is 7.82. The van der Waals surface area contributed by atoms with E-state index in [0.29, 0.717) is 5.02 Å². The standard InChI is InChI=1S/C21H17ClO/c1-15(16-11-13-18(22)14-12-16)19-9-5-6-10-20(19)21(23)17-7-3-2-4-8-17/h2-14,21,23H,1H2.